The van der Waals surface area contributed by atoms with E-state index in [4.69, 9.17) is 25.8 Å². The van der Waals surface area contributed by atoms with Crippen LogP contribution in [-0.4, -0.2) is 49.0 Å². The number of anilines is 1. The van der Waals surface area contributed by atoms with Crippen molar-refractivity contribution >= 4 is 58.4 Å². The SMILES string of the molecule is COc1cc(C(C)NC(=O)COc2ccc(Cl)cc2CNC=O)c(N(O)O)cc1OCCCC(=O)NI. The molecule has 3 amide bonds. The number of benzene rings is 2. The lowest BCUT2D eigenvalue weighted by Gasteiger charge is -2.22. The van der Waals surface area contributed by atoms with Crippen molar-refractivity contribution < 1.29 is 39.0 Å². The monoisotopic (exact) mass is 650 g/mol. The van der Waals surface area contributed by atoms with Crippen LogP contribution in [0.3, 0.4) is 0 Å². The molecule has 14 heteroatoms. The minimum absolute atomic E-state index is 0.0468. The summed E-state index contributed by atoms with van der Waals surface area (Å²) in [5.41, 5.74) is 0.873. The van der Waals surface area contributed by atoms with Gasteiger partial charge in [0.15, 0.2) is 18.1 Å². The first-order valence-corrected chi connectivity index (χ1v) is 12.5. The van der Waals surface area contributed by atoms with E-state index >= 15 is 0 Å². The van der Waals surface area contributed by atoms with E-state index in [9.17, 15) is 24.8 Å². The van der Waals surface area contributed by atoms with E-state index in [0.717, 1.165) is 0 Å². The number of nitrogens with one attached hydrogen (secondary N) is 3. The summed E-state index contributed by atoms with van der Waals surface area (Å²) in [6, 6.07) is 6.98. The molecule has 0 aliphatic carbocycles. The Hall–Kier alpha value is -3.01. The average molecular weight is 651 g/mol. The first-order valence-electron chi connectivity index (χ1n) is 11.0. The summed E-state index contributed by atoms with van der Waals surface area (Å²) in [6.07, 6.45) is 1.24. The molecule has 0 aliphatic heterocycles. The van der Waals surface area contributed by atoms with Gasteiger partial charge in [-0.1, -0.05) is 11.6 Å². The molecule has 2 aromatic rings. The van der Waals surface area contributed by atoms with Crippen LogP contribution in [0.1, 0.15) is 36.9 Å². The Morgan fingerprint density at radius 1 is 1.14 bits per heavy atom. The molecule has 37 heavy (non-hydrogen) atoms. The van der Waals surface area contributed by atoms with Crippen LogP contribution in [0.4, 0.5) is 5.69 Å². The molecule has 0 saturated carbocycles. The number of halogens is 2. The van der Waals surface area contributed by atoms with Gasteiger partial charge in [0.05, 0.1) is 42.6 Å². The molecule has 0 spiro atoms. The van der Waals surface area contributed by atoms with Gasteiger partial charge in [0.2, 0.25) is 12.3 Å². The standard InChI is InChI=1S/C23H28ClIN4O8/c1-14(27-23(32)12-37-19-6-5-16(24)8-15(19)11-26-13-30)17-9-20(35-2)21(10-18(17)29(33)34)36-7-3-4-22(31)28-25/h5-6,8-10,13-14,33-34H,3-4,7,11-12H2,1-2H3,(H,26,30)(H,27,32)(H,28,31). The number of methoxy groups -OCH3 is 1. The number of hydrogen-bond acceptors (Lipinski definition) is 9. The van der Waals surface area contributed by atoms with Crippen molar-refractivity contribution in [3.63, 3.8) is 0 Å². The third-order valence-corrected chi connectivity index (χ3v) is 5.88. The Balaban J connectivity index is 2.10. The maximum Gasteiger partial charge on any atom is 0.258 e. The van der Waals surface area contributed by atoms with E-state index in [1.54, 1.807) is 48.0 Å². The summed E-state index contributed by atoms with van der Waals surface area (Å²) in [4.78, 5) is 34.6. The van der Waals surface area contributed by atoms with E-state index in [2.05, 4.69) is 14.2 Å². The minimum atomic E-state index is -0.690. The van der Waals surface area contributed by atoms with E-state index in [1.807, 2.05) is 0 Å². The molecule has 1 unspecified atom stereocenters. The molecule has 1 atom stereocenters. The van der Waals surface area contributed by atoms with Crippen LogP contribution in [0.2, 0.25) is 5.02 Å². The molecule has 5 N–H and O–H groups in total. The molecule has 0 aliphatic rings. The quantitative estimate of drug-likeness (QED) is 0.0642. The van der Waals surface area contributed by atoms with Gasteiger partial charge in [0.1, 0.15) is 11.4 Å². The molecular formula is C23H28ClIN4O8. The van der Waals surface area contributed by atoms with Gasteiger partial charge < -0.3 is 24.8 Å². The van der Waals surface area contributed by atoms with E-state index in [-0.39, 0.29) is 48.7 Å². The van der Waals surface area contributed by atoms with Crippen LogP contribution in [0.25, 0.3) is 0 Å². The number of nitrogens with zero attached hydrogens (tertiary/aromatic N) is 1. The van der Waals surface area contributed by atoms with E-state index < -0.39 is 11.9 Å². The number of carbonyl (C=O) groups excluding carboxylic acids is 3. The van der Waals surface area contributed by atoms with Crippen LogP contribution in [0.15, 0.2) is 30.3 Å². The number of amides is 3. The lowest BCUT2D eigenvalue weighted by molar-refractivity contribution is -0.123. The summed E-state index contributed by atoms with van der Waals surface area (Å²) in [5.74, 6) is 0.272. The maximum atomic E-state index is 12.6. The zero-order valence-electron chi connectivity index (χ0n) is 20.1. The summed E-state index contributed by atoms with van der Waals surface area (Å²) in [5, 5.41) is 25.2. The maximum absolute atomic E-state index is 12.6. The molecule has 2 rings (SSSR count). The summed E-state index contributed by atoms with van der Waals surface area (Å²) in [6.45, 7) is 1.66. The van der Waals surface area contributed by atoms with Crippen molar-refractivity contribution in [3.8, 4) is 17.2 Å². The van der Waals surface area contributed by atoms with Gasteiger partial charge in [-0.15, -0.1) is 5.23 Å². The fourth-order valence-electron chi connectivity index (χ4n) is 3.30. The molecule has 0 aromatic heterocycles. The topological polar surface area (TPSA) is 159 Å². The van der Waals surface area contributed by atoms with Gasteiger partial charge in [0.25, 0.3) is 5.91 Å². The normalized spacial score (nSPS) is 11.2. The third-order valence-electron chi connectivity index (χ3n) is 5.04. The second-order valence-corrected chi connectivity index (χ2v) is 8.63. The largest absolute Gasteiger partial charge is 0.493 e. The van der Waals surface area contributed by atoms with Gasteiger partial charge in [-0.25, -0.2) is 0 Å². The lowest BCUT2D eigenvalue weighted by atomic mass is 10.0. The van der Waals surface area contributed by atoms with Crippen LogP contribution in [-0.2, 0) is 20.9 Å². The number of ether oxygens (including phenoxy) is 3. The molecule has 0 radical (unpaired) electrons. The van der Waals surface area contributed by atoms with Crippen molar-refractivity contribution in [2.75, 3.05) is 25.6 Å². The van der Waals surface area contributed by atoms with E-state index in [1.165, 1.54) is 19.2 Å². The number of carbonyl (C=O) groups is 3. The van der Waals surface area contributed by atoms with Crippen LogP contribution >= 0.6 is 34.5 Å². The van der Waals surface area contributed by atoms with Crippen molar-refractivity contribution in [1.29, 1.82) is 0 Å². The van der Waals surface area contributed by atoms with Gasteiger partial charge in [-0.05, 0) is 37.6 Å². The van der Waals surface area contributed by atoms with Crippen LogP contribution in [0.5, 0.6) is 17.2 Å². The molecule has 12 nitrogen and oxygen atoms in total. The zero-order chi connectivity index (χ0) is 27.4. The molecule has 0 bridgehead atoms. The Morgan fingerprint density at radius 3 is 2.54 bits per heavy atom. The first-order chi connectivity index (χ1) is 17.7. The fourth-order valence-corrected chi connectivity index (χ4v) is 3.77. The number of rotatable bonds is 15. The van der Waals surface area contributed by atoms with Crippen molar-refractivity contribution in [2.24, 2.45) is 0 Å². The molecule has 0 saturated heterocycles. The summed E-state index contributed by atoms with van der Waals surface area (Å²) >= 11 is 7.75. The van der Waals surface area contributed by atoms with Gasteiger partial charge >= 0.3 is 0 Å². The van der Waals surface area contributed by atoms with Crippen molar-refractivity contribution in [3.05, 3.63) is 46.5 Å². The molecule has 0 fully saturated rings. The van der Waals surface area contributed by atoms with Crippen LogP contribution < -0.4 is 33.6 Å². The highest BCUT2D eigenvalue weighted by atomic mass is 127. The van der Waals surface area contributed by atoms with Gasteiger partial charge in [0, 0.05) is 35.2 Å². The van der Waals surface area contributed by atoms with Crippen molar-refractivity contribution in [2.45, 2.75) is 32.4 Å². The van der Waals surface area contributed by atoms with Gasteiger partial charge in [-0.2, -0.15) is 0 Å². The first kappa shape index (κ1) is 30.2. The Labute approximate surface area is 232 Å². The zero-order valence-corrected chi connectivity index (χ0v) is 23.0. The van der Waals surface area contributed by atoms with Crippen LogP contribution in [0, 0.1) is 0 Å². The second-order valence-electron chi connectivity index (χ2n) is 7.65. The van der Waals surface area contributed by atoms with E-state index in [0.29, 0.717) is 40.5 Å². The number of hydrogen-bond donors (Lipinski definition) is 5. The minimum Gasteiger partial charge on any atom is -0.493 e. The highest BCUT2D eigenvalue weighted by Crippen LogP contribution is 2.37. The smallest absolute Gasteiger partial charge is 0.258 e. The highest BCUT2D eigenvalue weighted by Gasteiger charge is 2.21. The molecular weight excluding hydrogens is 623 g/mol. The predicted octanol–water partition coefficient (Wildman–Crippen LogP) is 3.06. The fraction of sp³-hybridized carbons (Fsp3) is 0.348. The molecule has 0 heterocycles. The molecule has 2 aromatic carbocycles. The lowest BCUT2D eigenvalue weighted by Crippen LogP contribution is -2.32. The third kappa shape index (κ3) is 9.42. The highest BCUT2D eigenvalue weighted by molar-refractivity contribution is 14.1. The Bertz CT molecular complexity index is 1090. The molecule has 202 valence electrons. The predicted molar refractivity (Wildman–Crippen MR) is 142 cm³/mol. The average Bonchev–Trinajstić information content (AvgIpc) is 2.88. The Morgan fingerprint density at radius 2 is 1.89 bits per heavy atom. The second kappa shape index (κ2) is 15.3. The van der Waals surface area contributed by atoms with Crippen molar-refractivity contribution in [1.82, 2.24) is 14.2 Å². The summed E-state index contributed by atoms with van der Waals surface area (Å²) in [7, 11) is 1.42. The summed E-state index contributed by atoms with van der Waals surface area (Å²) < 4.78 is 19.1. The van der Waals surface area contributed by atoms with Gasteiger partial charge in [-0.3, -0.25) is 28.3 Å². The Kier molecular flexibility index (Phi) is 12.5.